The SMILES string of the molecule is Cc1cccc(OC(F)F)c1NC(=O)[C@H](C)OC[C@H]1CCCCO1. The van der Waals surface area contributed by atoms with E-state index in [0.717, 1.165) is 19.3 Å². The van der Waals surface area contributed by atoms with Crippen molar-refractivity contribution in [3.63, 3.8) is 0 Å². The third-order valence-electron chi connectivity index (χ3n) is 3.87. The van der Waals surface area contributed by atoms with Gasteiger partial charge in [-0.3, -0.25) is 4.79 Å². The first-order valence-corrected chi connectivity index (χ1v) is 8.06. The number of para-hydroxylation sites is 1. The zero-order valence-corrected chi connectivity index (χ0v) is 13.9. The van der Waals surface area contributed by atoms with Crippen LogP contribution < -0.4 is 10.1 Å². The van der Waals surface area contributed by atoms with E-state index in [4.69, 9.17) is 9.47 Å². The van der Waals surface area contributed by atoms with Gasteiger partial charge in [-0.2, -0.15) is 8.78 Å². The summed E-state index contributed by atoms with van der Waals surface area (Å²) in [6.07, 6.45) is 2.33. The molecule has 1 aliphatic rings. The highest BCUT2D eigenvalue weighted by molar-refractivity contribution is 5.96. The molecule has 1 amide bonds. The molecule has 0 spiro atoms. The van der Waals surface area contributed by atoms with E-state index in [-0.39, 0.29) is 17.5 Å². The van der Waals surface area contributed by atoms with Crippen LogP contribution in [0.15, 0.2) is 18.2 Å². The zero-order valence-electron chi connectivity index (χ0n) is 13.9. The minimum Gasteiger partial charge on any atom is -0.433 e. The predicted octanol–water partition coefficient (Wildman–Crippen LogP) is 3.51. The molecule has 1 aromatic carbocycles. The number of aryl methyl sites for hydroxylation is 1. The molecule has 2 rings (SSSR count). The number of nitrogens with one attached hydrogen (secondary N) is 1. The maximum atomic E-state index is 12.5. The van der Waals surface area contributed by atoms with Crippen molar-refractivity contribution in [2.24, 2.45) is 0 Å². The minimum absolute atomic E-state index is 0.00480. The van der Waals surface area contributed by atoms with Crippen molar-refractivity contribution in [2.75, 3.05) is 18.5 Å². The Hall–Kier alpha value is -1.73. The fraction of sp³-hybridized carbons (Fsp3) is 0.588. The van der Waals surface area contributed by atoms with Gasteiger partial charge in [0.25, 0.3) is 5.91 Å². The highest BCUT2D eigenvalue weighted by Gasteiger charge is 2.21. The van der Waals surface area contributed by atoms with Gasteiger partial charge >= 0.3 is 6.61 Å². The van der Waals surface area contributed by atoms with E-state index in [1.54, 1.807) is 26.0 Å². The molecular weight excluding hydrogens is 320 g/mol. The molecule has 1 saturated heterocycles. The standard InChI is InChI=1S/C17H23F2NO4/c1-11-6-5-8-14(24-17(18)19)15(11)20-16(21)12(2)23-10-13-7-3-4-9-22-13/h5-6,8,12-13,17H,3-4,7,9-10H2,1-2H3,(H,20,21)/t12-,13+/m0/s1. The van der Waals surface area contributed by atoms with Crippen molar-refractivity contribution < 1.29 is 27.8 Å². The van der Waals surface area contributed by atoms with E-state index in [1.807, 2.05) is 0 Å². The Morgan fingerprint density at radius 3 is 2.88 bits per heavy atom. The molecule has 134 valence electrons. The molecule has 5 nitrogen and oxygen atoms in total. The van der Waals surface area contributed by atoms with E-state index >= 15 is 0 Å². The van der Waals surface area contributed by atoms with Crippen LogP contribution >= 0.6 is 0 Å². The second kappa shape index (κ2) is 8.94. The van der Waals surface area contributed by atoms with E-state index in [1.165, 1.54) is 6.07 Å². The van der Waals surface area contributed by atoms with E-state index in [0.29, 0.717) is 18.8 Å². The molecule has 1 aliphatic heterocycles. The molecule has 0 aliphatic carbocycles. The highest BCUT2D eigenvalue weighted by atomic mass is 19.3. The van der Waals surface area contributed by atoms with Gasteiger partial charge in [-0.25, -0.2) is 0 Å². The van der Waals surface area contributed by atoms with Crippen molar-refractivity contribution in [1.82, 2.24) is 0 Å². The number of hydrogen-bond acceptors (Lipinski definition) is 4. The topological polar surface area (TPSA) is 56.8 Å². The van der Waals surface area contributed by atoms with Crippen LogP contribution in [-0.4, -0.2) is 37.9 Å². The summed E-state index contributed by atoms with van der Waals surface area (Å²) in [5.41, 5.74) is 0.858. The third-order valence-corrected chi connectivity index (χ3v) is 3.87. The summed E-state index contributed by atoms with van der Waals surface area (Å²) in [7, 11) is 0. The fourth-order valence-electron chi connectivity index (χ4n) is 2.49. The van der Waals surface area contributed by atoms with Gasteiger partial charge in [-0.1, -0.05) is 12.1 Å². The van der Waals surface area contributed by atoms with E-state index in [9.17, 15) is 13.6 Å². The summed E-state index contributed by atoms with van der Waals surface area (Å²) >= 11 is 0. The van der Waals surface area contributed by atoms with Gasteiger partial charge in [0.1, 0.15) is 11.9 Å². The second-order valence-electron chi connectivity index (χ2n) is 5.78. The smallest absolute Gasteiger partial charge is 0.387 e. The number of amides is 1. The lowest BCUT2D eigenvalue weighted by Gasteiger charge is -2.24. The maximum Gasteiger partial charge on any atom is 0.387 e. The van der Waals surface area contributed by atoms with Gasteiger partial charge in [-0.15, -0.1) is 0 Å². The lowest BCUT2D eigenvalue weighted by molar-refractivity contribution is -0.130. The number of halogens is 2. The minimum atomic E-state index is -2.96. The number of rotatable bonds is 7. The molecule has 1 heterocycles. The molecule has 0 radical (unpaired) electrons. The summed E-state index contributed by atoms with van der Waals surface area (Å²) in [6.45, 7) is 1.41. The Morgan fingerprint density at radius 1 is 1.42 bits per heavy atom. The summed E-state index contributed by atoms with van der Waals surface area (Å²) < 4.78 is 40.5. The Kier molecular flexibility index (Phi) is 6.93. The fourth-order valence-corrected chi connectivity index (χ4v) is 2.49. The lowest BCUT2D eigenvalue weighted by atomic mass is 10.1. The van der Waals surface area contributed by atoms with Gasteiger partial charge in [-0.05, 0) is 44.7 Å². The highest BCUT2D eigenvalue weighted by Crippen LogP contribution is 2.29. The van der Waals surface area contributed by atoms with Crippen LogP contribution in [0.25, 0.3) is 0 Å². The van der Waals surface area contributed by atoms with Crippen LogP contribution in [-0.2, 0) is 14.3 Å². The number of benzene rings is 1. The molecule has 0 unspecified atom stereocenters. The lowest BCUT2D eigenvalue weighted by Crippen LogP contribution is -2.33. The van der Waals surface area contributed by atoms with Gasteiger partial charge < -0.3 is 19.5 Å². The van der Waals surface area contributed by atoms with Crippen LogP contribution in [0.5, 0.6) is 5.75 Å². The summed E-state index contributed by atoms with van der Waals surface area (Å²) in [6, 6.07) is 4.68. The average molecular weight is 343 g/mol. The van der Waals surface area contributed by atoms with Gasteiger partial charge in [0.05, 0.1) is 18.4 Å². The van der Waals surface area contributed by atoms with Gasteiger partial charge in [0.2, 0.25) is 0 Å². The van der Waals surface area contributed by atoms with E-state index < -0.39 is 18.6 Å². The number of hydrogen-bond donors (Lipinski definition) is 1. The molecular formula is C17H23F2NO4. The first-order valence-electron chi connectivity index (χ1n) is 8.06. The van der Waals surface area contributed by atoms with Crippen molar-refractivity contribution in [3.05, 3.63) is 23.8 Å². The Bertz CT molecular complexity index is 547. The summed E-state index contributed by atoms with van der Waals surface area (Å²) in [4.78, 5) is 12.3. The van der Waals surface area contributed by atoms with Gasteiger partial charge in [0.15, 0.2) is 0 Å². The second-order valence-corrected chi connectivity index (χ2v) is 5.78. The normalized spacial score (nSPS) is 19.1. The van der Waals surface area contributed by atoms with Crippen molar-refractivity contribution in [1.29, 1.82) is 0 Å². The van der Waals surface area contributed by atoms with Crippen LogP contribution in [0, 0.1) is 6.92 Å². The molecule has 1 N–H and O–H groups in total. The largest absolute Gasteiger partial charge is 0.433 e. The van der Waals surface area contributed by atoms with E-state index in [2.05, 4.69) is 10.1 Å². The Morgan fingerprint density at radius 2 is 2.21 bits per heavy atom. The summed E-state index contributed by atoms with van der Waals surface area (Å²) in [5.74, 6) is -0.486. The molecule has 24 heavy (non-hydrogen) atoms. The Balaban J connectivity index is 1.93. The molecule has 2 atom stereocenters. The van der Waals surface area contributed by atoms with Crippen LogP contribution in [0.1, 0.15) is 31.7 Å². The van der Waals surface area contributed by atoms with Crippen LogP contribution in [0.2, 0.25) is 0 Å². The quantitative estimate of drug-likeness (QED) is 0.823. The molecule has 0 aromatic heterocycles. The van der Waals surface area contributed by atoms with Crippen molar-refractivity contribution in [2.45, 2.75) is 51.9 Å². The molecule has 1 aromatic rings. The number of carbonyl (C=O) groups is 1. The van der Waals surface area contributed by atoms with Crippen LogP contribution in [0.3, 0.4) is 0 Å². The molecule has 1 fully saturated rings. The van der Waals surface area contributed by atoms with Crippen molar-refractivity contribution in [3.8, 4) is 5.75 Å². The predicted molar refractivity (Wildman–Crippen MR) is 85.4 cm³/mol. The maximum absolute atomic E-state index is 12.5. The monoisotopic (exact) mass is 343 g/mol. The molecule has 0 saturated carbocycles. The number of carbonyl (C=O) groups excluding carboxylic acids is 1. The third kappa shape index (κ3) is 5.42. The first-order chi connectivity index (χ1) is 11.5. The number of anilines is 1. The Labute approximate surface area is 140 Å². The summed E-state index contributed by atoms with van der Waals surface area (Å²) in [5, 5.41) is 2.61. The van der Waals surface area contributed by atoms with Crippen molar-refractivity contribution >= 4 is 11.6 Å². The van der Waals surface area contributed by atoms with Crippen LogP contribution in [0.4, 0.5) is 14.5 Å². The molecule has 7 heteroatoms. The van der Waals surface area contributed by atoms with Gasteiger partial charge in [0, 0.05) is 6.61 Å². The number of alkyl halides is 2. The zero-order chi connectivity index (χ0) is 17.5. The first kappa shape index (κ1) is 18.6. The number of ether oxygens (including phenoxy) is 3. The average Bonchev–Trinajstić information content (AvgIpc) is 2.56. The molecule has 0 bridgehead atoms.